The topological polar surface area (TPSA) is 94.6 Å². The predicted octanol–water partition coefficient (Wildman–Crippen LogP) is 2.24. The summed E-state index contributed by atoms with van der Waals surface area (Å²) in [7, 11) is 0. The van der Waals surface area contributed by atoms with E-state index in [2.05, 4.69) is 10.3 Å². The Labute approximate surface area is 151 Å². The van der Waals surface area contributed by atoms with Crippen molar-refractivity contribution in [1.82, 2.24) is 10.2 Å². The molecule has 25 heavy (non-hydrogen) atoms. The number of aliphatic imine (C=N–C) groups is 1. The van der Waals surface area contributed by atoms with Crippen LogP contribution in [0.1, 0.15) is 58.3 Å². The molecule has 2 aliphatic rings. The minimum atomic E-state index is -0.124. The lowest BCUT2D eigenvalue weighted by atomic mass is 9.88. The Morgan fingerprint density at radius 3 is 2.84 bits per heavy atom. The van der Waals surface area contributed by atoms with Crippen LogP contribution in [0.3, 0.4) is 0 Å². The zero-order valence-electron chi connectivity index (χ0n) is 15.5. The van der Waals surface area contributed by atoms with Gasteiger partial charge in [-0.25, -0.2) is 0 Å². The summed E-state index contributed by atoms with van der Waals surface area (Å²) in [5, 5.41) is 12.0. The highest BCUT2D eigenvalue weighted by Crippen LogP contribution is 2.28. The van der Waals surface area contributed by atoms with Crippen molar-refractivity contribution in [2.24, 2.45) is 10.7 Å². The second-order valence-electron chi connectivity index (χ2n) is 6.91. The van der Waals surface area contributed by atoms with Crippen LogP contribution in [0, 0.1) is 5.41 Å². The number of nitrogens with two attached hydrogens (primary N) is 1. The number of carbonyl (C=O) groups excluding carboxylic acids is 1. The van der Waals surface area contributed by atoms with Gasteiger partial charge in [0.15, 0.2) is 0 Å². The fourth-order valence-corrected chi connectivity index (χ4v) is 3.49. The fourth-order valence-electron chi connectivity index (χ4n) is 3.49. The van der Waals surface area contributed by atoms with Crippen molar-refractivity contribution in [3.05, 3.63) is 11.3 Å². The van der Waals surface area contributed by atoms with E-state index in [1.54, 1.807) is 0 Å². The van der Waals surface area contributed by atoms with Crippen LogP contribution in [0.25, 0.3) is 0 Å². The van der Waals surface area contributed by atoms with E-state index in [0.29, 0.717) is 19.0 Å². The number of allylic oxidation sites excluding steroid dienone is 1. The van der Waals surface area contributed by atoms with E-state index in [0.717, 1.165) is 69.4 Å². The van der Waals surface area contributed by atoms with Crippen molar-refractivity contribution in [3.8, 4) is 0 Å². The molecule has 1 atom stereocenters. The third kappa shape index (κ3) is 5.75. The van der Waals surface area contributed by atoms with Crippen LogP contribution < -0.4 is 11.1 Å². The molecule has 1 heterocycles. The van der Waals surface area contributed by atoms with E-state index in [4.69, 9.17) is 11.1 Å². The van der Waals surface area contributed by atoms with Gasteiger partial charge >= 0.3 is 0 Å². The quantitative estimate of drug-likeness (QED) is 0.464. The maximum atomic E-state index is 12.8. The van der Waals surface area contributed by atoms with Gasteiger partial charge < -0.3 is 16.0 Å². The van der Waals surface area contributed by atoms with Gasteiger partial charge in [0.2, 0.25) is 0 Å². The van der Waals surface area contributed by atoms with E-state index < -0.39 is 0 Å². The lowest BCUT2D eigenvalue weighted by Crippen LogP contribution is -2.42. The molecule has 1 aliphatic carbocycles. The van der Waals surface area contributed by atoms with Gasteiger partial charge in [0.25, 0.3) is 5.91 Å². The summed E-state index contributed by atoms with van der Waals surface area (Å²) >= 11 is 0. The average molecular weight is 348 g/mol. The largest absolute Gasteiger partial charge is 0.337 e. The lowest BCUT2D eigenvalue weighted by molar-refractivity contribution is -0.124. The van der Waals surface area contributed by atoms with Crippen molar-refractivity contribution in [1.29, 1.82) is 5.41 Å². The molecule has 1 unspecified atom stereocenters. The summed E-state index contributed by atoms with van der Waals surface area (Å²) < 4.78 is 0. The molecule has 0 spiro atoms. The second kappa shape index (κ2) is 10.5. The van der Waals surface area contributed by atoms with Crippen LogP contribution in [0.5, 0.6) is 0 Å². The van der Waals surface area contributed by atoms with Crippen molar-refractivity contribution in [2.75, 3.05) is 26.2 Å². The van der Waals surface area contributed by atoms with Crippen LogP contribution >= 0.6 is 0 Å². The number of carbonyl (C=O) groups is 1. The number of nitrogens with one attached hydrogen (secondary N) is 2. The summed E-state index contributed by atoms with van der Waals surface area (Å²) in [4.78, 5) is 19.2. The Hall–Kier alpha value is -1.53. The molecule has 0 aromatic heterocycles. The minimum Gasteiger partial charge on any atom is -0.337 e. The zero-order valence-corrected chi connectivity index (χ0v) is 15.5. The Bertz CT molecular complexity index is 520. The van der Waals surface area contributed by atoms with Gasteiger partial charge in [-0.15, -0.1) is 0 Å². The third-order valence-electron chi connectivity index (χ3n) is 4.93. The van der Waals surface area contributed by atoms with Crippen molar-refractivity contribution in [3.63, 3.8) is 0 Å². The molecule has 1 saturated heterocycles. The first kappa shape index (κ1) is 19.8. The number of likely N-dealkylation sites (tertiary alicyclic amines) is 1. The highest BCUT2D eigenvalue weighted by Gasteiger charge is 2.29. The van der Waals surface area contributed by atoms with Crippen LogP contribution in [0.2, 0.25) is 0 Å². The normalized spacial score (nSPS) is 21.8. The highest BCUT2D eigenvalue weighted by molar-refractivity contribution is 6.44. The Balaban J connectivity index is 2.11. The number of hydrogen-bond acceptors (Lipinski definition) is 5. The van der Waals surface area contributed by atoms with E-state index in [1.807, 2.05) is 18.0 Å². The number of amides is 1. The van der Waals surface area contributed by atoms with Gasteiger partial charge in [0.1, 0.15) is 5.71 Å². The SMILES string of the molecule is CCC=NC1=C(C(=N)C(=O)N2CCCCC2)CC(NCCCN)CC1. The molecule has 140 valence electrons. The Morgan fingerprint density at radius 2 is 2.16 bits per heavy atom. The standard InChI is InChI=1S/C19H33N5O/c1-2-10-23-17-8-7-15(22-11-6-9-20)14-16(17)18(21)19(25)24-12-4-3-5-13-24/h10,15,21-22H,2-9,11-14,20H2,1H3. The molecule has 6 nitrogen and oxygen atoms in total. The van der Waals surface area contributed by atoms with Gasteiger partial charge in [-0.05, 0) is 64.5 Å². The van der Waals surface area contributed by atoms with Gasteiger partial charge in [-0.1, -0.05) is 6.92 Å². The molecule has 1 aliphatic heterocycles. The van der Waals surface area contributed by atoms with Crippen molar-refractivity contribution in [2.45, 2.75) is 64.3 Å². The van der Waals surface area contributed by atoms with E-state index in [-0.39, 0.29) is 11.6 Å². The molecule has 0 aromatic carbocycles. The molecule has 1 fully saturated rings. The summed E-state index contributed by atoms with van der Waals surface area (Å²) in [5.74, 6) is -0.124. The maximum absolute atomic E-state index is 12.8. The van der Waals surface area contributed by atoms with Crippen molar-refractivity contribution < 1.29 is 4.79 Å². The molecule has 0 aromatic rings. The Morgan fingerprint density at radius 1 is 1.40 bits per heavy atom. The van der Waals surface area contributed by atoms with Crippen LogP contribution in [-0.4, -0.2) is 55.0 Å². The summed E-state index contributed by atoms with van der Waals surface area (Å²) in [6, 6.07) is 0.302. The average Bonchev–Trinajstić information content (AvgIpc) is 2.66. The second-order valence-corrected chi connectivity index (χ2v) is 6.91. The van der Waals surface area contributed by atoms with Gasteiger partial charge in [-0.3, -0.25) is 15.2 Å². The monoisotopic (exact) mass is 347 g/mol. The van der Waals surface area contributed by atoms with Gasteiger partial charge in [-0.2, -0.15) is 0 Å². The van der Waals surface area contributed by atoms with Crippen LogP contribution in [0.15, 0.2) is 16.3 Å². The van der Waals surface area contributed by atoms with E-state index in [9.17, 15) is 4.79 Å². The summed E-state index contributed by atoms with van der Waals surface area (Å²) in [6.07, 6.45) is 9.49. The van der Waals surface area contributed by atoms with Crippen LogP contribution in [0.4, 0.5) is 0 Å². The third-order valence-corrected chi connectivity index (χ3v) is 4.93. The molecule has 6 heteroatoms. The van der Waals surface area contributed by atoms with E-state index in [1.165, 1.54) is 6.42 Å². The molecular weight excluding hydrogens is 314 g/mol. The predicted molar refractivity (Wildman–Crippen MR) is 103 cm³/mol. The van der Waals surface area contributed by atoms with Crippen LogP contribution in [-0.2, 0) is 4.79 Å². The zero-order chi connectivity index (χ0) is 18.1. The number of hydrogen-bond donors (Lipinski definition) is 3. The highest BCUT2D eigenvalue weighted by atomic mass is 16.2. The summed E-state index contributed by atoms with van der Waals surface area (Å²) in [6.45, 7) is 5.17. The molecule has 4 N–H and O–H groups in total. The first-order valence-electron chi connectivity index (χ1n) is 9.73. The molecule has 0 bridgehead atoms. The molecule has 2 rings (SSSR count). The molecule has 0 radical (unpaired) electrons. The Kier molecular flexibility index (Phi) is 8.28. The molecular formula is C19H33N5O. The fraction of sp³-hybridized carbons (Fsp3) is 0.737. The first-order valence-corrected chi connectivity index (χ1v) is 9.73. The minimum absolute atomic E-state index is 0.124. The lowest BCUT2D eigenvalue weighted by Gasteiger charge is -2.30. The summed E-state index contributed by atoms with van der Waals surface area (Å²) in [5.41, 5.74) is 7.47. The number of piperidine rings is 1. The smallest absolute Gasteiger partial charge is 0.272 e. The molecule has 0 saturated carbocycles. The van der Waals surface area contributed by atoms with Gasteiger partial charge in [0.05, 0.1) is 0 Å². The van der Waals surface area contributed by atoms with E-state index >= 15 is 0 Å². The molecule has 1 amide bonds. The first-order chi connectivity index (χ1) is 12.2. The number of rotatable bonds is 8. The van der Waals surface area contributed by atoms with Gasteiger partial charge in [0, 0.05) is 36.6 Å². The van der Waals surface area contributed by atoms with Crippen molar-refractivity contribution >= 4 is 17.8 Å². The maximum Gasteiger partial charge on any atom is 0.272 e. The number of nitrogens with zero attached hydrogens (tertiary/aromatic N) is 2.